The summed E-state index contributed by atoms with van der Waals surface area (Å²) in [5.41, 5.74) is 12.2. The van der Waals surface area contributed by atoms with Gasteiger partial charge in [-0.3, -0.25) is 19.7 Å². The smallest absolute Gasteiger partial charge is 0.241 e. The molecule has 4 aromatic rings. The minimum atomic E-state index is -0.171. The summed E-state index contributed by atoms with van der Waals surface area (Å²) in [6.45, 7) is 68.4. The predicted octanol–water partition coefficient (Wildman–Crippen LogP) is 17.6. The maximum Gasteiger partial charge on any atom is 0.241 e. The Balaban J connectivity index is 0.000000725. The van der Waals surface area contributed by atoms with Gasteiger partial charge in [-0.15, -0.1) is 0 Å². The van der Waals surface area contributed by atoms with E-state index in [4.69, 9.17) is 0 Å². The third-order valence-corrected chi connectivity index (χ3v) is 15.7. The van der Waals surface area contributed by atoms with Crippen LogP contribution >= 0.6 is 0 Å². The van der Waals surface area contributed by atoms with Crippen molar-refractivity contribution in [2.24, 2.45) is 0 Å². The Bertz CT molecular complexity index is 2660. The quantitative estimate of drug-likeness (QED) is 0.0512. The van der Waals surface area contributed by atoms with Crippen LogP contribution in [0.4, 0.5) is 0 Å². The molecule has 479 valence electrons. The SMILES string of the molecule is CC(NC(C)(C)C)=[N+](C)C.CCCN(Cc1cc(C(C)(C)C)cc(C(C)(C)C)c1O)Cc1cc(C(C)(C)C)cc(C(C)(C)C)c1O.CN(C)CCN(Cc1cc(C(C)(C)C)cc(C(C)(C)C)c1O)Cc1cc(C(C)(C)C)cc(C(C)(C)C)c1O.[Y]. The summed E-state index contributed by atoms with van der Waals surface area (Å²) in [5.74, 6) is 2.79. The number of nitrogens with zero attached hydrogens (tertiary/aromatic N) is 4. The van der Waals surface area contributed by atoms with Crippen molar-refractivity contribution in [3.05, 3.63) is 115 Å². The average Bonchev–Trinajstić information content (AvgIpc) is 2.12. The number of nitrogens with one attached hydrogen (secondary N) is 1. The molecular formula is C75H128N5O4Y+. The Morgan fingerprint density at radius 1 is 0.376 bits per heavy atom. The van der Waals surface area contributed by atoms with Gasteiger partial charge in [-0.2, -0.15) is 0 Å². The number of phenols is 4. The minimum Gasteiger partial charge on any atom is -0.507 e. The van der Waals surface area contributed by atoms with Crippen LogP contribution in [0.1, 0.15) is 274 Å². The zero-order chi connectivity index (χ0) is 65.6. The van der Waals surface area contributed by atoms with Crippen LogP contribution < -0.4 is 5.32 Å². The second-order valence-electron chi connectivity index (χ2n) is 34.2. The van der Waals surface area contributed by atoms with Crippen molar-refractivity contribution in [1.29, 1.82) is 0 Å². The molecule has 0 spiro atoms. The number of hydrogen-bond acceptors (Lipinski definition) is 7. The Labute approximate surface area is 548 Å². The summed E-state index contributed by atoms with van der Waals surface area (Å²) in [6.07, 6.45) is 0.998. The standard InChI is InChI=1S/C34H56N2O2.C33H53NO2.C8H18N2.Y/c1-31(2,3)25-17-23(29(37)27(19-25)33(7,8)9)21-36(16-15-35(13)14)22-24-18-26(32(4,5)6)20-28(30(24)38)34(10,11)12;1-14-15-34(20-22-16-24(30(2,3)4)18-26(28(22)35)32(8,9)10)21-23-17-25(31(5,6)7)19-27(29(23)36)33(11,12)13;1-7(10(5)6)9-8(2,3)4;/h17-20,37-38H,15-16,21-22H2,1-14H3;16-19,35-36H,14-15,20-21H2,1-13H3;1-6H3;/p+1. The molecule has 0 aliphatic heterocycles. The number of benzene rings is 4. The van der Waals surface area contributed by atoms with Crippen LogP contribution in [0.25, 0.3) is 0 Å². The molecule has 0 bridgehead atoms. The maximum absolute atomic E-state index is 11.5. The van der Waals surface area contributed by atoms with Gasteiger partial charge in [0.25, 0.3) is 0 Å². The summed E-state index contributed by atoms with van der Waals surface area (Å²) in [6, 6.07) is 17.4. The van der Waals surface area contributed by atoms with Gasteiger partial charge in [0.1, 0.15) is 23.0 Å². The van der Waals surface area contributed by atoms with Crippen LogP contribution in [0.3, 0.4) is 0 Å². The molecule has 0 heterocycles. The maximum atomic E-state index is 11.5. The summed E-state index contributed by atoms with van der Waals surface area (Å²) in [4.78, 5) is 6.91. The first kappa shape index (κ1) is 79.5. The largest absolute Gasteiger partial charge is 0.507 e. The topological polar surface area (TPSA) is 106 Å². The summed E-state index contributed by atoms with van der Waals surface area (Å²) in [7, 11) is 8.24. The summed E-state index contributed by atoms with van der Waals surface area (Å²) in [5, 5.41) is 49.1. The number of aromatic hydroxyl groups is 4. The Morgan fingerprint density at radius 2 is 0.600 bits per heavy atom. The van der Waals surface area contributed by atoms with Crippen molar-refractivity contribution >= 4 is 5.84 Å². The van der Waals surface area contributed by atoms with Crippen LogP contribution in [0.5, 0.6) is 23.0 Å². The van der Waals surface area contributed by atoms with Crippen LogP contribution in [0, 0.1) is 0 Å². The normalized spacial score (nSPS) is 13.1. The van der Waals surface area contributed by atoms with E-state index >= 15 is 0 Å². The molecule has 0 fully saturated rings. The first-order chi connectivity index (χ1) is 37.5. The van der Waals surface area contributed by atoms with Gasteiger partial charge in [0, 0.05) is 101 Å². The first-order valence-corrected chi connectivity index (χ1v) is 31.4. The second-order valence-corrected chi connectivity index (χ2v) is 34.2. The number of amidine groups is 1. The van der Waals surface area contributed by atoms with Gasteiger partial charge in [-0.25, -0.2) is 0 Å². The number of likely N-dealkylation sites (N-methyl/N-ethyl adjacent to an activating group) is 1. The summed E-state index contributed by atoms with van der Waals surface area (Å²) >= 11 is 0. The monoisotopic (exact) mass is 1250 g/mol. The number of rotatable bonds is 13. The van der Waals surface area contributed by atoms with Crippen molar-refractivity contribution in [2.75, 3.05) is 47.8 Å². The molecule has 0 aromatic heterocycles. The van der Waals surface area contributed by atoms with Gasteiger partial charge >= 0.3 is 0 Å². The summed E-state index contributed by atoms with van der Waals surface area (Å²) < 4.78 is 2.07. The molecule has 0 aliphatic rings. The van der Waals surface area contributed by atoms with E-state index in [1.807, 2.05) is 14.1 Å². The molecule has 1 radical (unpaired) electrons. The van der Waals surface area contributed by atoms with Crippen molar-refractivity contribution in [3.63, 3.8) is 0 Å². The minimum absolute atomic E-state index is 0. The third kappa shape index (κ3) is 24.8. The van der Waals surface area contributed by atoms with Gasteiger partial charge < -0.3 is 25.3 Å². The van der Waals surface area contributed by atoms with E-state index < -0.39 is 0 Å². The molecule has 0 atom stereocenters. The van der Waals surface area contributed by atoms with Crippen LogP contribution in [-0.4, -0.2) is 98.9 Å². The van der Waals surface area contributed by atoms with Crippen LogP contribution in [0.15, 0.2) is 48.5 Å². The van der Waals surface area contributed by atoms with Gasteiger partial charge in [0.15, 0.2) is 0 Å². The van der Waals surface area contributed by atoms with Crippen molar-refractivity contribution < 1.29 is 57.7 Å². The van der Waals surface area contributed by atoms with E-state index in [1.165, 1.54) is 28.1 Å². The Morgan fingerprint density at radius 3 is 0.753 bits per heavy atom. The molecule has 0 amide bonds. The fourth-order valence-corrected chi connectivity index (χ4v) is 9.98. The van der Waals surface area contributed by atoms with Crippen molar-refractivity contribution in [2.45, 2.75) is 282 Å². The predicted molar refractivity (Wildman–Crippen MR) is 365 cm³/mol. The van der Waals surface area contributed by atoms with E-state index in [9.17, 15) is 20.4 Å². The second kappa shape index (κ2) is 29.9. The Hall–Kier alpha value is -3.47. The molecule has 4 aromatic carbocycles. The molecule has 5 N–H and O–H groups in total. The zero-order valence-corrected chi connectivity index (χ0v) is 63.8. The molecule has 10 heteroatoms. The molecule has 85 heavy (non-hydrogen) atoms. The fourth-order valence-electron chi connectivity index (χ4n) is 9.98. The fraction of sp³-hybridized carbons (Fsp3) is 0.667. The first-order valence-electron chi connectivity index (χ1n) is 31.4. The van der Waals surface area contributed by atoms with E-state index in [1.54, 1.807) is 0 Å². The molecule has 0 saturated carbocycles. The molecule has 9 nitrogen and oxygen atoms in total. The van der Waals surface area contributed by atoms with E-state index in [2.05, 4.69) is 288 Å². The molecule has 0 saturated heterocycles. The van der Waals surface area contributed by atoms with E-state index in [-0.39, 0.29) is 81.6 Å². The Kier molecular flexibility index (Phi) is 28.0. The molecule has 0 unspecified atom stereocenters. The van der Waals surface area contributed by atoms with E-state index in [0.717, 1.165) is 70.6 Å². The number of hydrogen-bond donors (Lipinski definition) is 5. The van der Waals surface area contributed by atoms with Gasteiger partial charge in [0.05, 0.1) is 19.6 Å². The van der Waals surface area contributed by atoms with E-state index in [0.29, 0.717) is 49.2 Å². The zero-order valence-electron chi connectivity index (χ0n) is 60.9. The van der Waals surface area contributed by atoms with Gasteiger partial charge in [-0.05, 0) is 136 Å². The van der Waals surface area contributed by atoms with Crippen molar-refractivity contribution in [1.82, 2.24) is 20.0 Å². The molecule has 0 aliphatic carbocycles. The van der Waals surface area contributed by atoms with Crippen LogP contribution in [-0.2, 0) is 102 Å². The average molecular weight is 1250 g/mol. The number of phenolic OH excluding ortho intramolecular Hbond substituents is 4. The van der Waals surface area contributed by atoms with Crippen molar-refractivity contribution in [3.8, 4) is 23.0 Å². The van der Waals surface area contributed by atoms with Gasteiger partial charge in [0.2, 0.25) is 5.84 Å². The molecular weight excluding hydrogens is 1120 g/mol. The van der Waals surface area contributed by atoms with Crippen LogP contribution in [0.2, 0.25) is 0 Å². The third-order valence-electron chi connectivity index (χ3n) is 15.7. The van der Waals surface area contributed by atoms with Gasteiger partial charge in [-0.1, -0.05) is 222 Å². The molecule has 4 rings (SSSR count).